The third-order valence-corrected chi connectivity index (χ3v) is 5.91. The number of nitrogens with zero attached hydrogens (tertiary/aromatic N) is 1. The fourth-order valence-electron chi connectivity index (χ4n) is 3.03. The molecule has 1 unspecified atom stereocenters. The molecule has 1 aromatic heterocycles. The molecule has 0 saturated heterocycles. The molecule has 1 aliphatic carbocycles. The van der Waals surface area contributed by atoms with Crippen molar-refractivity contribution in [2.45, 2.75) is 36.9 Å². The number of allylic oxidation sites excluding steroid dienone is 3. The molecule has 1 aromatic rings. The van der Waals surface area contributed by atoms with E-state index >= 15 is 0 Å². The minimum absolute atomic E-state index is 0.0473. The van der Waals surface area contributed by atoms with E-state index in [-0.39, 0.29) is 28.3 Å². The molecule has 3 rings (SSSR count). The van der Waals surface area contributed by atoms with Gasteiger partial charge in [-0.3, -0.25) is 4.79 Å². The summed E-state index contributed by atoms with van der Waals surface area (Å²) in [6.07, 6.45) is 1.63. The quantitative estimate of drug-likeness (QED) is 0.816. The highest BCUT2D eigenvalue weighted by atomic mass is 32.2. The van der Waals surface area contributed by atoms with Crippen molar-refractivity contribution in [2.24, 2.45) is 7.05 Å². The van der Waals surface area contributed by atoms with Crippen LogP contribution in [0.15, 0.2) is 40.6 Å². The van der Waals surface area contributed by atoms with Crippen molar-refractivity contribution in [3.8, 4) is 0 Å². The SMILES string of the molecule is C[C@H]1C=Cc2c(cn(C)c2C(=O)NC2=CCC(F)C(C(F)F)=C2)S(=O)(=O)N1. The predicted molar refractivity (Wildman–Crippen MR) is 93.4 cm³/mol. The number of carbonyl (C=O) groups is 1. The average Bonchev–Trinajstić information content (AvgIpc) is 2.86. The number of aromatic nitrogens is 1. The topological polar surface area (TPSA) is 80.2 Å². The first kappa shape index (κ1) is 19.4. The number of amides is 1. The smallest absolute Gasteiger partial charge is 0.272 e. The third-order valence-electron chi connectivity index (χ3n) is 4.32. The Morgan fingerprint density at radius 1 is 1.41 bits per heavy atom. The number of hydrogen-bond acceptors (Lipinski definition) is 3. The first-order valence-corrected chi connectivity index (χ1v) is 9.63. The van der Waals surface area contributed by atoms with Gasteiger partial charge in [-0.15, -0.1) is 0 Å². The van der Waals surface area contributed by atoms with E-state index in [1.54, 1.807) is 13.0 Å². The highest BCUT2D eigenvalue weighted by molar-refractivity contribution is 7.89. The summed E-state index contributed by atoms with van der Waals surface area (Å²) in [5.74, 6) is -0.679. The van der Waals surface area contributed by atoms with E-state index in [1.807, 2.05) is 0 Å². The molecule has 10 heteroatoms. The van der Waals surface area contributed by atoms with E-state index in [4.69, 9.17) is 0 Å². The summed E-state index contributed by atoms with van der Waals surface area (Å²) >= 11 is 0. The maximum atomic E-state index is 13.5. The first-order valence-electron chi connectivity index (χ1n) is 8.15. The monoisotopic (exact) mass is 401 g/mol. The second kappa shape index (κ2) is 7.01. The van der Waals surface area contributed by atoms with Gasteiger partial charge in [0.05, 0.1) is 0 Å². The Kier molecular flexibility index (Phi) is 5.04. The van der Waals surface area contributed by atoms with Gasteiger partial charge in [-0.05, 0) is 13.0 Å². The summed E-state index contributed by atoms with van der Waals surface area (Å²) < 4.78 is 67.9. The Labute approximate surface area is 154 Å². The number of nitrogens with one attached hydrogen (secondary N) is 2. The van der Waals surface area contributed by atoms with Crippen molar-refractivity contribution in [1.82, 2.24) is 14.6 Å². The van der Waals surface area contributed by atoms with Crippen molar-refractivity contribution >= 4 is 22.0 Å². The van der Waals surface area contributed by atoms with Crippen LogP contribution in [0.4, 0.5) is 13.2 Å². The van der Waals surface area contributed by atoms with Crippen molar-refractivity contribution in [3.63, 3.8) is 0 Å². The minimum atomic E-state index is -3.81. The molecular formula is C17H18F3N3O3S. The molecule has 2 aliphatic rings. The lowest BCUT2D eigenvalue weighted by molar-refractivity contribution is 0.0957. The normalized spacial score (nSPS) is 24.1. The van der Waals surface area contributed by atoms with Crippen LogP contribution in [0.1, 0.15) is 29.4 Å². The molecule has 0 fully saturated rings. The summed E-state index contributed by atoms with van der Waals surface area (Å²) in [7, 11) is -2.31. The van der Waals surface area contributed by atoms with Gasteiger partial charge in [0.1, 0.15) is 16.8 Å². The molecule has 0 saturated carbocycles. The second-order valence-electron chi connectivity index (χ2n) is 6.40. The van der Waals surface area contributed by atoms with Crippen molar-refractivity contribution in [1.29, 1.82) is 0 Å². The number of aryl methyl sites for hydroxylation is 1. The summed E-state index contributed by atoms with van der Waals surface area (Å²) in [6.45, 7) is 1.65. The van der Waals surface area contributed by atoms with Crippen LogP contribution in [0.2, 0.25) is 0 Å². The lowest BCUT2D eigenvalue weighted by Crippen LogP contribution is -2.30. The van der Waals surface area contributed by atoms with Gasteiger partial charge in [-0.2, -0.15) is 0 Å². The van der Waals surface area contributed by atoms with Crippen LogP contribution in [0.25, 0.3) is 6.08 Å². The molecule has 2 atom stereocenters. The largest absolute Gasteiger partial charge is 0.345 e. The van der Waals surface area contributed by atoms with Gasteiger partial charge in [-0.25, -0.2) is 26.3 Å². The van der Waals surface area contributed by atoms with Gasteiger partial charge in [0.15, 0.2) is 0 Å². The van der Waals surface area contributed by atoms with Crippen LogP contribution < -0.4 is 10.0 Å². The third kappa shape index (κ3) is 3.72. The minimum Gasteiger partial charge on any atom is -0.345 e. The molecule has 146 valence electrons. The molecule has 27 heavy (non-hydrogen) atoms. The summed E-state index contributed by atoms with van der Waals surface area (Å²) in [4.78, 5) is 12.6. The number of rotatable bonds is 3. The zero-order valence-corrected chi connectivity index (χ0v) is 15.4. The number of hydrogen-bond donors (Lipinski definition) is 2. The molecule has 0 spiro atoms. The lowest BCUT2D eigenvalue weighted by atomic mass is 10.0. The predicted octanol–water partition coefficient (Wildman–Crippen LogP) is 2.27. The molecule has 1 aliphatic heterocycles. The maximum Gasteiger partial charge on any atom is 0.272 e. The van der Waals surface area contributed by atoms with E-state index < -0.39 is 40.1 Å². The number of carbonyl (C=O) groups excluding carboxylic acids is 1. The molecule has 2 heterocycles. The molecule has 1 amide bonds. The van der Waals surface area contributed by atoms with Gasteiger partial charge in [0, 0.05) is 42.5 Å². The van der Waals surface area contributed by atoms with Crippen LogP contribution in [-0.2, 0) is 17.1 Å². The van der Waals surface area contributed by atoms with Gasteiger partial charge >= 0.3 is 0 Å². The summed E-state index contributed by atoms with van der Waals surface area (Å²) in [5, 5.41) is 2.45. The van der Waals surface area contributed by atoms with Gasteiger partial charge in [0.2, 0.25) is 10.0 Å². The Morgan fingerprint density at radius 3 is 2.78 bits per heavy atom. The van der Waals surface area contributed by atoms with Gasteiger partial charge in [0.25, 0.3) is 12.3 Å². The Hall–Kier alpha value is -2.33. The van der Waals surface area contributed by atoms with E-state index in [1.165, 1.54) is 30.0 Å². The molecule has 0 radical (unpaired) electrons. The van der Waals surface area contributed by atoms with Gasteiger partial charge < -0.3 is 9.88 Å². The first-order chi connectivity index (χ1) is 12.6. The molecule has 6 nitrogen and oxygen atoms in total. The van der Waals surface area contributed by atoms with Crippen LogP contribution in [0.5, 0.6) is 0 Å². The average molecular weight is 401 g/mol. The van der Waals surface area contributed by atoms with Crippen LogP contribution in [0.3, 0.4) is 0 Å². The van der Waals surface area contributed by atoms with Crippen molar-refractivity contribution in [2.75, 3.05) is 0 Å². The maximum absolute atomic E-state index is 13.5. The van der Waals surface area contributed by atoms with Gasteiger partial charge in [-0.1, -0.05) is 18.2 Å². The van der Waals surface area contributed by atoms with E-state index in [0.717, 1.165) is 6.08 Å². The standard InChI is InChI=1S/C17H18F3N3O3S/c1-9-3-5-11-14(27(25,26)22-9)8-23(2)15(11)17(24)21-10-4-6-13(18)12(7-10)16(19)20/h3-5,7-9,13,16,22H,6H2,1-2H3,(H,21,24)/t9-,13?/m0/s1. The second-order valence-corrected chi connectivity index (χ2v) is 8.08. The molecule has 0 aromatic carbocycles. The van der Waals surface area contributed by atoms with E-state index in [2.05, 4.69) is 10.0 Å². The fourth-order valence-corrected chi connectivity index (χ4v) is 4.48. The number of halogens is 3. The Bertz CT molecular complexity index is 977. The molecular weight excluding hydrogens is 383 g/mol. The number of sulfonamides is 1. The number of fused-ring (bicyclic) bond motifs is 1. The van der Waals surface area contributed by atoms with E-state index in [9.17, 15) is 26.4 Å². The zero-order chi connectivity index (χ0) is 19.9. The zero-order valence-electron chi connectivity index (χ0n) is 14.5. The van der Waals surface area contributed by atoms with E-state index in [0.29, 0.717) is 0 Å². The van der Waals surface area contributed by atoms with Crippen LogP contribution >= 0.6 is 0 Å². The molecule has 2 N–H and O–H groups in total. The highest BCUT2D eigenvalue weighted by Gasteiger charge is 2.30. The van der Waals surface area contributed by atoms with Crippen molar-refractivity contribution in [3.05, 3.63) is 47.0 Å². The van der Waals surface area contributed by atoms with Crippen LogP contribution in [0, 0.1) is 0 Å². The number of alkyl halides is 3. The highest BCUT2D eigenvalue weighted by Crippen LogP contribution is 2.28. The summed E-state index contributed by atoms with van der Waals surface area (Å²) in [5.41, 5.74) is -0.397. The Balaban J connectivity index is 1.96. The molecule has 0 bridgehead atoms. The lowest BCUT2D eigenvalue weighted by Gasteiger charge is -2.18. The van der Waals surface area contributed by atoms with Crippen LogP contribution in [-0.4, -0.2) is 37.5 Å². The summed E-state index contributed by atoms with van der Waals surface area (Å²) in [6, 6.07) is -0.456. The Morgan fingerprint density at radius 2 is 2.11 bits per heavy atom. The van der Waals surface area contributed by atoms with Crippen molar-refractivity contribution < 1.29 is 26.4 Å². The fraction of sp³-hybridized carbons (Fsp3) is 0.353.